The molecule has 12 heteroatoms. The van der Waals surface area contributed by atoms with Crippen LogP contribution >= 0.6 is 35.0 Å². The van der Waals surface area contributed by atoms with Crippen molar-refractivity contribution in [1.29, 1.82) is 0 Å². The zero-order chi connectivity index (χ0) is 21.2. The number of amides is 1. The van der Waals surface area contributed by atoms with E-state index in [1.165, 1.54) is 6.07 Å². The summed E-state index contributed by atoms with van der Waals surface area (Å²) >= 11 is 13.4. The highest BCUT2D eigenvalue weighted by Gasteiger charge is 2.62. The van der Waals surface area contributed by atoms with Crippen molar-refractivity contribution in [2.75, 3.05) is 11.5 Å². The van der Waals surface area contributed by atoms with Gasteiger partial charge < -0.3 is 15.9 Å². The molecule has 0 aromatic heterocycles. The van der Waals surface area contributed by atoms with Gasteiger partial charge in [0.25, 0.3) is 11.5 Å². The van der Waals surface area contributed by atoms with E-state index in [1.54, 1.807) is 11.8 Å². The van der Waals surface area contributed by atoms with Gasteiger partial charge in [0.15, 0.2) is 5.84 Å². The van der Waals surface area contributed by atoms with Crippen LogP contribution in [0, 0.1) is 0 Å². The maximum atomic E-state index is 13.9. The molecule has 1 amide bonds. The summed E-state index contributed by atoms with van der Waals surface area (Å²) in [7, 11) is 0. The zero-order valence-electron chi connectivity index (χ0n) is 14.7. The van der Waals surface area contributed by atoms with E-state index < -0.39 is 24.1 Å². The van der Waals surface area contributed by atoms with Gasteiger partial charge >= 0.3 is 6.18 Å². The van der Waals surface area contributed by atoms with Gasteiger partial charge in [0, 0.05) is 45.6 Å². The van der Waals surface area contributed by atoms with Gasteiger partial charge in [-0.1, -0.05) is 28.4 Å². The van der Waals surface area contributed by atoms with Crippen LogP contribution < -0.4 is 11.1 Å². The van der Waals surface area contributed by atoms with Crippen LogP contribution in [0.3, 0.4) is 0 Å². The summed E-state index contributed by atoms with van der Waals surface area (Å²) in [6, 6.07) is 3.56. The minimum absolute atomic E-state index is 0.0000846. The van der Waals surface area contributed by atoms with E-state index in [1.807, 2.05) is 0 Å². The Labute approximate surface area is 178 Å². The molecule has 0 radical (unpaired) electrons. The molecule has 0 bridgehead atoms. The van der Waals surface area contributed by atoms with Crippen LogP contribution in [-0.4, -0.2) is 41.7 Å². The summed E-state index contributed by atoms with van der Waals surface area (Å²) < 4.78 is 41.7. The summed E-state index contributed by atoms with van der Waals surface area (Å²) in [6.07, 6.45) is -3.47. The summed E-state index contributed by atoms with van der Waals surface area (Å²) in [5, 5.41) is 6.24. The Balaban J connectivity index is 1.79. The van der Waals surface area contributed by atoms with Crippen LogP contribution in [0.5, 0.6) is 0 Å². The first-order chi connectivity index (χ1) is 13.6. The van der Waals surface area contributed by atoms with Crippen molar-refractivity contribution >= 4 is 52.9 Å². The Morgan fingerprint density at radius 3 is 2.52 bits per heavy atom. The van der Waals surface area contributed by atoms with Crippen LogP contribution in [0.15, 0.2) is 40.1 Å². The predicted molar refractivity (Wildman–Crippen MR) is 107 cm³/mol. The van der Waals surface area contributed by atoms with Crippen molar-refractivity contribution in [3.8, 4) is 0 Å². The largest absolute Gasteiger partial charge is 0.435 e. The lowest BCUT2D eigenvalue weighted by Crippen LogP contribution is -2.44. The Bertz CT molecular complexity index is 883. The molecule has 2 heterocycles. The van der Waals surface area contributed by atoms with Gasteiger partial charge in [0.05, 0.1) is 12.0 Å². The van der Waals surface area contributed by atoms with Gasteiger partial charge in [0.2, 0.25) is 0 Å². The second kappa shape index (κ2) is 8.45. The normalized spacial score (nSPS) is 22.9. The number of thioether (sulfide) groups is 1. The number of rotatable bonds is 4. The van der Waals surface area contributed by atoms with E-state index in [2.05, 4.69) is 15.5 Å². The highest BCUT2D eigenvalue weighted by atomic mass is 35.5. The third-order valence-electron chi connectivity index (χ3n) is 4.27. The maximum Gasteiger partial charge on any atom is 0.435 e. The van der Waals surface area contributed by atoms with Gasteiger partial charge in [-0.25, -0.2) is 4.99 Å². The van der Waals surface area contributed by atoms with Crippen LogP contribution in [0.25, 0.3) is 0 Å². The lowest BCUT2D eigenvalue weighted by molar-refractivity contribution is -0.275. The molecule has 6 nitrogen and oxygen atoms in total. The molecule has 1 unspecified atom stereocenters. The predicted octanol–water partition coefficient (Wildman–Crippen LogP) is 3.63. The summed E-state index contributed by atoms with van der Waals surface area (Å²) in [5.74, 6) is 0.851. The molecule has 0 saturated carbocycles. The zero-order valence-corrected chi connectivity index (χ0v) is 17.0. The van der Waals surface area contributed by atoms with Crippen molar-refractivity contribution in [2.24, 2.45) is 15.9 Å². The third-order valence-corrected chi connectivity index (χ3v) is 5.98. The number of nitrogens with zero attached hydrogens (tertiary/aromatic N) is 2. The first-order valence-electron chi connectivity index (χ1n) is 8.27. The first-order valence-corrected chi connectivity index (χ1v) is 10.2. The number of halogens is 5. The average Bonchev–Trinajstić information content (AvgIpc) is 3.03. The van der Waals surface area contributed by atoms with E-state index in [9.17, 15) is 18.0 Å². The maximum absolute atomic E-state index is 13.9. The molecular formula is C17H15Cl2F3N4O2S. The molecule has 3 N–H and O–H groups in total. The van der Waals surface area contributed by atoms with E-state index in [0.29, 0.717) is 0 Å². The Morgan fingerprint density at radius 2 is 2.00 bits per heavy atom. The molecule has 1 aromatic carbocycles. The van der Waals surface area contributed by atoms with Crippen molar-refractivity contribution in [2.45, 2.75) is 24.2 Å². The van der Waals surface area contributed by atoms with Crippen molar-refractivity contribution in [1.82, 2.24) is 5.32 Å². The Hall–Kier alpha value is -1.91. The molecule has 3 rings (SSSR count). The minimum Gasteiger partial charge on any atom is -0.404 e. The third kappa shape index (κ3) is 4.65. The van der Waals surface area contributed by atoms with Crippen LogP contribution in [0.4, 0.5) is 13.2 Å². The Morgan fingerprint density at radius 1 is 1.34 bits per heavy atom. The second-order valence-electron chi connectivity index (χ2n) is 6.35. The molecule has 29 heavy (non-hydrogen) atoms. The van der Waals surface area contributed by atoms with Crippen LogP contribution in [-0.2, 0) is 15.2 Å². The minimum atomic E-state index is -4.83. The highest BCUT2D eigenvalue weighted by Crippen LogP contribution is 2.49. The fourth-order valence-electron chi connectivity index (χ4n) is 2.65. The number of nitrogens with one attached hydrogen (secondary N) is 1. The molecule has 2 aliphatic heterocycles. The number of nitrogens with two attached hydrogens (primary N) is 1. The first kappa shape index (κ1) is 21.8. The molecule has 1 fully saturated rings. The number of carbonyl (C=O) groups excluding carboxylic acids is 1. The van der Waals surface area contributed by atoms with E-state index >= 15 is 0 Å². The molecule has 0 spiro atoms. The lowest BCUT2D eigenvalue weighted by Gasteiger charge is -2.29. The molecule has 1 saturated heterocycles. The number of carbonyl (C=O) groups is 1. The van der Waals surface area contributed by atoms with Gasteiger partial charge in [-0.05, 0) is 18.2 Å². The summed E-state index contributed by atoms with van der Waals surface area (Å²) in [6.45, 7) is 0. The van der Waals surface area contributed by atoms with Crippen LogP contribution in [0.2, 0.25) is 10.0 Å². The molecule has 1 aromatic rings. The molecule has 0 aliphatic carbocycles. The van der Waals surface area contributed by atoms with Gasteiger partial charge in [-0.3, -0.25) is 4.79 Å². The molecule has 2 aliphatic rings. The number of amidine groups is 1. The summed E-state index contributed by atoms with van der Waals surface area (Å²) in [4.78, 5) is 20.8. The van der Waals surface area contributed by atoms with Gasteiger partial charge in [-0.2, -0.15) is 24.9 Å². The van der Waals surface area contributed by atoms with E-state index in [4.69, 9.17) is 33.8 Å². The quantitative estimate of drug-likeness (QED) is 0.523. The van der Waals surface area contributed by atoms with Gasteiger partial charge in [-0.15, -0.1) is 0 Å². The number of alkyl halides is 3. The molecule has 1 atom stereocenters. The number of hydrogen-bond acceptors (Lipinski definition) is 6. The molecular weight excluding hydrogens is 452 g/mol. The fourth-order valence-corrected chi connectivity index (χ4v) is 3.82. The Kier molecular flexibility index (Phi) is 6.35. The lowest BCUT2D eigenvalue weighted by atomic mass is 9.89. The SMILES string of the molecule is NC=C(C=NC1=NOC(c2cc(Cl)cc(Cl)c2)(C(F)(F)F)C1)C(=O)NC1CSC1. The number of benzene rings is 1. The smallest absolute Gasteiger partial charge is 0.404 e. The second-order valence-corrected chi connectivity index (χ2v) is 8.29. The van der Waals surface area contributed by atoms with Crippen molar-refractivity contribution in [3.05, 3.63) is 45.6 Å². The number of oxime groups is 1. The van der Waals surface area contributed by atoms with E-state index in [-0.39, 0.29) is 33.1 Å². The molecule has 156 valence electrons. The van der Waals surface area contributed by atoms with Crippen molar-refractivity contribution in [3.63, 3.8) is 0 Å². The number of hydrogen-bond donors (Lipinski definition) is 2. The monoisotopic (exact) mass is 466 g/mol. The topological polar surface area (TPSA) is 89.1 Å². The van der Waals surface area contributed by atoms with Crippen molar-refractivity contribution < 1.29 is 22.8 Å². The number of aliphatic imine (C=N–C) groups is 1. The van der Waals surface area contributed by atoms with Gasteiger partial charge in [0.1, 0.15) is 0 Å². The van der Waals surface area contributed by atoms with Crippen LogP contribution in [0.1, 0.15) is 12.0 Å². The fraction of sp³-hybridized carbons (Fsp3) is 0.353. The average molecular weight is 467 g/mol. The highest BCUT2D eigenvalue weighted by molar-refractivity contribution is 8.00. The van der Waals surface area contributed by atoms with E-state index in [0.717, 1.165) is 36.1 Å². The standard InChI is InChI=1S/C17H15Cl2F3N4O2S/c18-11-1-10(2-12(19)3-11)16(17(20,21)22)4-14(26-28-16)24-6-9(5-23)15(27)25-13-7-29-8-13/h1-3,5-6,13H,4,7-8,23H2,(H,25,27). The summed E-state index contributed by atoms with van der Waals surface area (Å²) in [5.41, 5.74) is 2.36.